The number of nitrogens with zero attached hydrogens (tertiary/aromatic N) is 2. The largest absolute Gasteiger partial charge is 0.481 e. The van der Waals surface area contributed by atoms with Gasteiger partial charge < -0.3 is 14.9 Å². The second kappa shape index (κ2) is 5.21. The molecule has 1 aromatic carbocycles. The summed E-state index contributed by atoms with van der Waals surface area (Å²) in [5.74, 6) is -2.28. The Labute approximate surface area is 132 Å². The predicted molar refractivity (Wildman–Crippen MR) is 78.4 cm³/mol. The van der Waals surface area contributed by atoms with Crippen LogP contribution >= 0.6 is 11.6 Å². The Hall–Kier alpha value is -1.66. The lowest BCUT2D eigenvalue weighted by Gasteiger charge is -2.24. The lowest BCUT2D eigenvalue weighted by atomic mass is 9.81. The second-order valence-electron chi connectivity index (χ2n) is 6.14. The van der Waals surface area contributed by atoms with Crippen LogP contribution in [0.2, 0.25) is 5.02 Å². The van der Waals surface area contributed by atoms with Gasteiger partial charge in [-0.2, -0.15) is 0 Å². The molecule has 1 aromatic rings. The Kier molecular flexibility index (Phi) is 3.61. The molecule has 0 spiro atoms. The van der Waals surface area contributed by atoms with Gasteiger partial charge in [-0.3, -0.25) is 9.59 Å². The van der Waals surface area contributed by atoms with E-state index in [4.69, 9.17) is 11.6 Å². The van der Waals surface area contributed by atoms with Gasteiger partial charge in [-0.05, 0) is 19.2 Å². The third-order valence-corrected chi connectivity index (χ3v) is 4.98. The summed E-state index contributed by atoms with van der Waals surface area (Å²) in [6.45, 7) is 1.39. The van der Waals surface area contributed by atoms with Crippen molar-refractivity contribution in [1.29, 1.82) is 0 Å². The van der Waals surface area contributed by atoms with Gasteiger partial charge in [0.15, 0.2) is 0 Å². The van der Waals surface area contributed by atoms with Crippen molar-refractivity contribution in [3.63, 3.8) is 0 Å². The highest BCUT2D eigenvalue weighted by molar-refractivity contribution is 6.33. The van der Waals surface area contributed by atoms with E-state index in [1.165, 1.54) is 23.1 Å². The van der Waals surface area contributed by atoms with E-state index in [9.17, 15) is 19.1 Å². The molecule has 2 fully saturated rings. The van der Waals surface area contributed by atoms with Crippen LogP contribution in [0.25, 0.3) is 0 Å². The molecule has 2 saturated heterocycles. The van der Waals surface area contributed by atoms with Crippen molar-refractivity contribution in [3.8, 4) is 0 Å². The first kappa shape index (κ1) is 15.2. The highest BCUT2D eigenvalue weighted by atomic mass is 35.5. The van der Waals surface area contributed by atoms with Crippen molar-refractivity contribution >= 4 is 23.5 Å². The number of halogens is 2. The van der Waals surface area contributed by atoms with Crippen LogP contribution in [0.3, 0.4) is 0 Å². The summed E-state index contributed by atoms with van der Waals surface area (Å²) in [5, 5.41) is 9.65. The smallest absolute Gasteiger partial charge is 0.313 e. The number of rotatable bonds is 2. The van der Waals surface area contributed by atoms with E-state index in [0.29, 0.717) is 19.6 Å². The zero-order valence-electron chi connectivity index (χ0n) is 12.1. The minimum absolute atomic E-state index is 0.0450. The minimum atomic E-state index is -0.970. The summed E-state index contributed by atoms with van der Waals surface area (Å²) in [7, 11) is 1.86. The van der Waals surface area contributed by atoms with Crippen LogP contribution in [-0.4, -0.2) is 60.0 Å². The number of likely N-dealkylation sites (tertiary alicyclic amines) is 2. The molecular formula is C15H16ClFN2O3. The van der Waals surface area contributed by atoms with Crippen LogP contribution in [0.15, 0.2) is 18.2 Å². The summed E-state index contributed by atoms with van der Waals surface area (Å²) in [6, 6.07) is 4.06. The van der Waals surface area contributed by atoms with Gasteiger partial charge in [-0.15, -0.1) is 0 Å². The first-order valence-electron chi connectivity index (χ1n) is 7.00. The fourth-order valence-electron chi connectivity index (χ4n) is 3.63. The zero-order valence-corrected chi connectivity index (χ0v) is 12.8. The van der Waals surface area contributed by atoms with Gasteiger partial charge in [0, 0.05) is 32.1 Å². The molecule has 2 aliphatic rings. The molecule has 3 rings (SSSR count). The number of hydrogen-bond acceptors (Lipinski definition) is 3. The maximum absolute atomic E-state index is 13.9. The van der Waals surface area contributed by atoms with E-state index in [1.807, 2.05) is 11.9 Å². The minimum Gasteiger partial charge on any atom is -0.481 e. The molecule has 22 heavy (non-hydrogen) atoms. The molecule has 0 aromatic heterocycles. The molecule has 118 valence electrons. The number of amides is 1. The summed E-state index contributed by atoms with van der Waals surface area (Å²) in [5.41, 5.74) is -1.15. The Morgan fingerprint density at radius 2 is 2.09 bits per heavy atom. The van der Waals surface area contributed by atoms with Crippen molar-refractivity contribution in [1.82, 2.24) is 9.80 Å². The van der Waals surface area contributed by atoms with Gasteiger partial charge in [0.2, 0.25) is 0 Å². The molecular weight excluding hydrogens is 311 g/mol. The van der Waals surface area contributed by atoms with Crippen LogP contribution < -0.4 is 0 Å². The van der Waals surface area contributed by atoms with E-state index < -0.39 is 23.1 Å². The molecule has 0 bridgehead atoms. The van der Waals surface area contributed by atoms with Crippen molar-refractivity contribution in [2.75, 3.05) is 33.2 Å². The van der Waals surface area contributed by atoms with E-state index in [-0.39, 0.29) is 23.0 Å². The number of carboxylic acid groups (broad SMARTS) is 1. The molecule has 1 N–H and O–H groups in total. The highest BCUT2D eigenvalue weighted by Gasteiger charge is 2.58. The molecule has 0 saturated carbocycles. The number of fused-ring (bicyclic) bond motifs is 1. The fraction of sp³-hybridized carbons (Fsp3) is 0.467. The van der Waals surface area contributed by atoms with Crippen LogP contribution in [0.5, 0.6) is 0 Å². The van der Waals surface area contributed by atoms with Gasteiger partial charge in [-0.1, -0.05) is 17.7 Å². The Balaban J connectivity index is 1.90. The van der Waals surface area contributed by atoms with E-state index in [0.717, 1.165) is 0 Å². The number of benzene rings is 1. The monoisotopic (exact) mass is 326 g/mol. The summed E-state index contributed by atoms with van der Waals surface area (Å²) in [6.07, 6.45) is 0. The molecule has 1 amide bonds. The van der Waals surface area contributed by atoms with E-state index >= 15 is 0 Å². The summed E-state index contributed by atoms with van der Waals surface area (Å²) in [4.78, 5) is 27.7. The number of carbonyl (C=O) groups is 2. The maximum Gasteiger partial charge on any atom is 0.313 e. The predicted octanol–water partition coefficient (Wildman–Crippen LogP) is 1.57. The lowest BCUT2D eigenvalue weighted by molar-refractivity contribution is -0.148. The average molecular weight is 327 g/mol. The Morgan fingerprint density at radius 3 is 2.68 bits per heavy atom. The van der Waals surface area contributed by atoms with Gasteiger partial charge in [0.25, 0.3) is 5.91 Å². The zero-order chi connectivity index (χ0) is 16.1. The molecule has 2 heterocycles. The average Bonchev–Trinajstić information content (AvgIpc) is 2.92. The quantitative estimate of drug-likeness (QED) is 0.896. The van der Waals surface area contributed by atoms with Crippen molar-refractivity contribution in [3.05, 3.63) is 34.6 Å². The van der Waals surface area contributed by atoms with Gasteiger partial charge in [-0.25, -0.2) is 4.39 Å². The van der Waals surface area contributed by atoms with Gasteiger partial charge >= 0.3 is 5.97 Å². The molecule has 0 aliphatic carbocycles. The molecule has 2 atom stereocenters. The second-order valence-corrected chi connectivity index (χ2v) is 6.54. The maximum atomic E-state index is 13.9. The SMILES string of the molecule is CN1C[C@H]2CN(C(=O)c3c(F)cccc3Cl)C[C@@]2(C(=O)O)C1. The molecule has 2 aliphatic heterocycles. The fourth-order valence-corrected chi connectivity index (χ4v) is 3.88. The molecule has 7 heteroatoms. The van der Waals surface area contributed by atoms with Crippen LogP contribution in [0.1, 0.15) is 10.4 Å². The topological polar surface area (TPSA) is 60.9 Å². The normalized spacial score (nSPS) is 28.0. The summed E-state index contributed by atoms with van der Waals surface area (Å²) < 4.78 is 13.9. The van der Waals surface area contributed by atoms with Crippen LogP contribution in [0.4, 0.5) is 4.39 Å². The molecule has 0 unspecified atom stereocenters. The lowest BCUT2D eigenvalue weighted by Crippen LogP contribution is -2.41. The number of carboxylic acids is 1. The first-order valence-corrected chi connectivity index (χ1v) is 7.38. The Bertz CT molecular complexity index is 633. The Morgan fingerprint density at radius 1 is 1.36 bits per heavy atom. The molecule has 0 radical (unpaired) electrons. The third-order valence-electron chi connectivity index (χ3n) is 4.67. The molecule has 5 nitrogen and oxygen atoms in total. The van der Waals surface area contributed by atoms with E-state index in [1.54, 1.807) is 0 Å². The first-order chi connectivity index (χ1) is 10.3. The van der Waals surface area contributed by atoms with Gasteiger partial charge in [0.05, 0.1) is 10.6 Å². The number of hydrogen-bond donors (Lipinski definition) is 1. The number of aliphatic carboxylic acids is 1. The standard InChI is InChI=1S/C15H16ClFN2O3/c1-18-5-9-6-19(8-15(9,7-18)14(21)22)13(20)12-10(16)3-2-4-11(12)17/h2-4,9H,5-8H2,1H3,(H,21,22)/t9-,15-/m0/s1. The highest BCUT2D eigenvalue weighted by Crippen LogP contribution is 2.43. The third kappa shape index (κ3) is 2.18. The van der Waals surface area contributed by atoms with Crippen molar-refractivity contribution in [2.24, 2.45) is 11.3 Å². The van der Waals surface area contributed by atoms with E-state index in [2.05, 4.69) is 0 Å². The summed E-state index contributed by atoms with van der Waals surface area (Å²) >= 11 is 5.93. The van der Waals surface area contributed by atoms with Crippen LogP contribution in [-0.2, 0) is 4.79 Å². The van der Waals surface area contributed by atoms with Crippen LogP contribution in [0, 0.1) is 17.2 Å². The van der Waals surface area contributed by atoms with Gasteiger partial charge in [0.1, 0.15) is 11.2 Å². The van der Waals surface area contributed by atoms with Crippen molar-refractivity contribution in [2.45, 2.75) is 0 Å². The van der Waals surface area contributed by atoms with Crippen molar-refractivity contribution < 1.29 is 19.1 Å². The number of carbonyl (C=O) groups excluding carboxylic acids is 1.